The van der Waals surface area contributed by atoms with Gasteiger partial charge in [-0.25, -0.2) is 0 Å². The molecule has 0 radical (unpaired) electrons. The number of carbonyl (C=O) groups excluding carboxylic acids is 1. The highest BCUT2D eigenvalue weighted by molar-refractivity contribution is 5.76. The van der Waals surface area contributed by atoms with Crippen LogP contribution in [0.4, 0.5) is 0 Å². The van der Waals surface area contributed by atoms with E-state index in [0.717, 1.165) is 70.6 Å². The summed E-state index contributed by atoms with van der Waals surface area (Å²) in [6, 6.07) is -0.938. The average molecular weight is 1280 g/mol. The molecule has 0 saturated carbocycles. The van der Waals surface area contributed by atoms with Crippen LogP contribution in [0.15, 0.2) is 85.1 Å². The topological polar surface area (TPSA) is 228 Å². The van der Waals surface area contributed by atoms with Crippen molar-refractivity contribution in [3.63, 3.8) is 0 Å². The van der Waals surface area contributed by atoms with E-state index < -0.39 is 86.8 Å². The average Bonchev–Trinajstić information content (AvgIpc) is 1.06. The summed E-state index contributed by atoms with van der Waals surface area (Å²) in [6.45, 7) is 2.70. The Morgan fingerprint density at radius 2 is 0.769 bits per heavy atom. The number of unbranched alkanes of at least 4 members (excludes halogenated alkanes) is 36. The molecule has 2 heterocycles. The Hall–Kier alpha value is -2.83. The van der Waals surface area contributed by atoms with E-state index in [0.29, 0.717) is 12.8 Å². The maximum absolute atomic E-state index is 13.4. The van der Waals surface area contributed by atoms with E-state index in [2.05, 4.69) is 92.1 Å². The summed E-state index contributed by atoms with van der Waals surface area (Å²) >= 11 is 0. The molecular weight excluding hydrogens is 1150 g/mol. The Morgan fingerprint density at radius 3 is 1.21 bits per heavy atom. The molecule has 12 unspecified atom stereocenters. The van der Waals surface area contributed by atoms with Gasteiger partial charge in [0.25, 0.3) is 0 Å². The van der Waals surface area contributed by atoms with Crippen LogP contribution >= 0.6 is 0 Å². The summed E-state index contributed by atoms with van der Waals surface area (Å²) in [5, 5.41) is 87.5. The zero-order valence-corrected chi connectivity index (χ0v) is 57.6. The summed E-state index contributed by atoms with van der Waals surface area (Å²) < 4.78 is 22.9. The molecule has 0 aromatic carbocycles. The zero-order chi connectivity index (χ0) is 65.9. The smallest absolute Gasteiger partial charge is 0.220 e. The SMILES string of the molecule is CC/C=C\C/C=C\C/C=C\C/C=C\C/C=C\CCCCCCCCCCCCCCCC(=O)NC(COC1OC(CO)C(OC2OC(CO)C(O)C(O)C2O)C(O)C1O)C(O)/C=C/CC/C=C/CCCCCCCCCCCCCCCCCCCCCCCC. The molecule has 14 heteroatoms. The number of aliphatic hydroxyl groups excluding tert-OH is 8. The van der Waals surface area contributed by atoms with Crippen molar-refractivity contribution in [2.75, 3.05) is 19.8 Å². The lowest BCUT2D eigenvalue weighted by molar-refractivity contribution is -0.359. The van der Waals surface area contributed by atoms with E-state index in [1.807, 2.05) is 6.08 Å². The molecule has 0 aliphatic carbocycles. The van der Waals surface area contributed by atoms with Crippen molar-refractivity contribution in [1.29, 1.82) is 0 Å². The first-order valence-electron chi connectivity index (χ1n) is 37.3. The van der Waals surface area contributed by atoms with Crippen molar-refractivity contribution < 1.29 is 64.6 Å². The Kier molecular flexibility index (Phi) is 56.3. The maximum Gasteiger partial charge on any atom is 0.220 e. The molecular formula is C77H137NO13. The molecule has 0 spiro atoms. The molecule has 14 nitrogen and oxygen atoms in total. The number of hydrogen-bond acceptors (Lipinski definition) is 13. The van der Waals surface area contributed by atoms with Gasteiger partial charge in [-0.2, -0.15) is 0 Å². The number of carbonyl (C=O) groups is 1. The second-order valence-corrected chi connectivity index (χ2v) is 26.0. The lowest BCUT2D eigenvalue weighted by Gasteiger charge is -2.46. The second-order valence-electron chi connectivity index (χ2n) is 26.0. The standard InChI is InChI=1S/C77H137NO13/c1-3-5-7-9-11-13-15-17-19-21-23-25-27-29-31-33-35-37-39-41-43-45-47-49-51-53-55-57-59-61-69(82)78-65(64-88-76-74(87)72(85)75(68(63-80)90-76)91-77-73(86)71(84)70(83)67(62-79)89-77)66(81)60-58-56-54-52-50-48-46-44-42-40-38-36-34-32-30-28-26-24-22-20-18-16-14-12-10-8-6-4-2/h5,7,11,13,17,19,23,25,29,31,50,52,58,60,65-68,70-77,79-81,83-87H,3-4,6,8-10,12,14-16,18,20-22,24,26-28,30,32-49,51,53-57,59,61-64H2,1-2H3,(H,78,82)/b7-5-,13-11-,19-17-,25-23-,31-29-,52-50+,60-58+. The van der Waals surface area contributed by atoms with Gasteiger partial charge in [-0.15, -0.1) is 0 Å². The van der Waals surface area contributed by atoms with Gasteiger partial charge in [0.1, 0.15) is 48.8 Å². The molecule has 2 aliphatic heterocycles. The van der Waals surface area contributed by atoms with Crippen LogP contribution in [-0.2, 0) is 23.7 Å². The minimum Gasteiger partial charge on any atom is -0.394 e. The largest absolute Gasteiger partial charge is 0.394 e. The van der Waals surface area contributed by atoms with Crippen LogP contribution in [0.2, 0.25) is 0 Å². The minimum atomic E-state index is -1.80. The van der Waals surface area contributed by atoms with Gasteiger partial charge in [-0.1, -0.05) is 304 Å². The summed E-state index contributed by atoms with van der Waals surface area (Å²) in [5.74, 6) is -0.250. The predicted octanol–water partition coefficient (Wildman–Crippen LogP) is 16.0. The van der Waals surface area contributed by atoms with Crippen LogP contribution in [0.1, 0.15) is 303 Å². The van der Waals surface area contributed by atoms with Gasteiger partial charge in [0.15, 0.2) is 12.6 Å². The number of aliphatic hydroxyl groups is 8. The zero-order valence-electron chi connectivity index (χ0n) is 57.6. The molecule has 1 amide bonds. The van der Waals surface area contributed by atoms with Gasteiger partial charge < -0.3 is 65.1 Å². The highest BCUT2D eigenvalue weighted by Crippen LogP contribution is 2.30. The molecule has 2 fully saturated rings. The molecule has 0 aromatic rings. The van der Waals surface area contributed by atoms with Crippen molar-refractivity contribution >= 4 is 5.91 Å². The number of ether oxygens (including phenoxy) is 4. The van der Waals surface area contributed by atoms with E-state index in [-0.39, 0.29) is 18.9 Å². The van der Waals surface area contributed by atoms with Gasteiger partial charge in [0.05, 0.1) is 32.0 Å². The molecule has 2 aliphatic rings. The summed E-state index contributed by atoms with van der Waals surface area (Å²) in [6.07, 6.45) is 67.9. The Morgan fingerprint density at radius 1 is 0.407 bits per heavy atom. The lowest BCUT2D eigenvalue weighted by atomic mass is 9.97. The third-order valence-corrected chi connectivity index (χ3v) is 17.8. The predicted molar refractivity (Wildman–Crippen MR) is 373 cm³/mol. The fourth-order valence-electron chi connectivity index (χ4n) is 11.9. The number of hydrogen-bond donors (Lipinski definition) is 9. The molecule has 0 bridgehead atoms. The Balaban J connectivity index is 1.67. The first kappa shape index (κ1) is 84.3. The van der Waals surface area contributed by atoms with E-state index in [9.17, 15) is 45.6 Å². The fourth-order valence-corrected chi connectivity index (χ4v) is 11.9. The van der Waals surface area contributed by atoms with Crippen LogP contribution in [0.3, 0.4) is 0 Å². The number of allylic oxidation sites excluding steroid dienone is 13. The normalized spacial score (nSPS) is 23.3. The third kappa shape index (κ3) is 44.5. The van der Waals surface area contributed by atoms with Gasteiger partial charge in [0.2, 0.25) is 5.91 Å². The lowest BCUT2D eigenvalue weighted by Crippen LogP contribution is -2.65. The summed E-state index contributed by atoms with van der Waals surface area (Å²) in [4.78, 5) is 13.4. The van der Waals surface area contributed by atoms with Crippen LogP contribution < -0.4 is 5.32 Å². The van der Waals surface area contributed by atoms with E-state index in [4.69, 9.17) is 18.9 Å². The summed E-state index contributed by atoms with van der Waals surface area (Å²) in [5.41, 5.74) is 0. The van der Waals surface area contributed by atoms with Crippen LogP contribution in [0.25, 0.3) is 0 Å². The van der Waals surface area contributed by atoms with Gasteiger partial charge in [0, 0.05) is 6.42 Å². The van der Waals surface area contributed by atoms with Crippen molar-refractivity contribution in [1.82, 2.24) is 5.32 Å². The van der Waals surface area contributed by atoms with E-state index in [1.54, 1.807) is 6.08 Å². The van der Waals surface area contributed by atoms with Crippen molar-refractivity contribution in [3.05, 3.63) is 85.1 Å². The monoisotopic (exact) mass is 1280 g/mol. The molecule has 2 saturated heterocycles. The molecule has 528 valence electrons. The third-order valence-electron chi connectivity index (χ3n) is 17.8. The summed E-state index contributed by atoms with van der Waals surface area (Å²) in [7, 11) is 0. The Labute approximate surface area is 554 Å². The number of amides is 1. The molecule has 2 rings (SSSR count). The van der Waals surface area contributed by atoms with E-state index in [1.165, 1.54) is 199 Å². The van der Waals surface area contributed by atoms with Gasteiger partial charge in [-0.05, 0) is 77.0 Å². The van der Waals surface area contributed by atoms with Crippen molar-refractivity contribution in [3.8, 4) is 0 Å². The van der Waals surface area contributed by atoms with Crippen LogP contribution in [0.5, 0.6) is 0 Å². The number of nitrogens with one attached hydrogen (secondary N) is 1. The quantitative estimate of drug-likeness (QED) is 0.0204. The Bertz CT molecular complexity index is 1850. The fraction of sp³-hybridized carbons (Fsp3) is 0.805. The second kappa shape index (κ2) is 60.8. The van der Waals surface area contributed by atoms with Crippen LogP contribution in [0, 0.1) is 0 Å². The maximum atomic E-state index is 13.4. The van der Waals surface area contributed by atoms with Gasteiger partial charge in [-0.3, -0.25) is 4.79 Å². The highest BCUT2D eigenvalue weighted by Gasteiger charge is 2.51. The molecule has 0 aromatic heterocycles. The molecule has 91 heavy (non-hydrogen) atoms. The van der Waals surface area contributed by atoms with Gasteiger partial charge >= 0.3 is 0 Å². The van der Waals surface area contributed by atoms with E-state index >= 15 is 0 Å². The number of rotatable bonds is 61. The van der Waals surface area contributed by atoms with Crippen molar-refractivity contribution in [2.45, 2.75) is 376 Å². The molecule has 9 N–H and O–H groups in total. The van der Waals surface area contributed by atoms with Crippen LogP contribution in [-0.4, -0.2) is 140 Å². The van der Waals surface area contributed by atoms with Crippen molar-refractivity contribution in [2.24, 2.45) is 0 Å². The first-order valence-corrected chi connectivity index (χ1v) is 37.3. The highest BCUT2D eigenvalue weighted by atomic mass is 16.7. The first-order chi connectivity index (χ1) is 44.6. The molecule has 12 atom stereocenters. The minimum absolute atomic E-state index is 0.250.